The number of hydrogen-bond acceptors (Lipinski definition) is 5. The standard InChI is InChI=1S/C27H27N5O2S/c1-17-12-14-35-25(17)26(33)29-24-15-19(27(34)32-13-11-20(16-32)28-2)8-7-18(24)9-10-23-21-5-3-4-6-22(21)30-31-23/h3-10,12,14-15,20,28H,11,13,16H2,1-2H3,(H,29,33)(H,30,31). The van der Waals surface area contributed by atoms with E-state index in [0.29, 0.717) is 35.3 Å². The van der Waals surface area contributed by atoms with Gasteiger partial charge in [0.2, 0.25) is 0 Å². The van der Waals surface area contributed by atoms with Crippen LogP contribution < -0.4 is 10.6 Å². The average molecular weight is 486 g/mol. The predicted molar refractivity (Wildman–Crippen MR) is 142 cm³/mol. The number of rotatable bonds is 6. The maximum atomic E-state index is 13.2. The number of anilines is 1. The Balaban J connectivity index is 1.47. The van der Waals surface area contributed by atoms with Gasteiger partial charge in [-0.2, -0.15) is 5.10 Å². The second-order valence-corrected chi connectivity index (χ2v) is 9.62. The third kappa shape index (κ3) is 4.76. The summed E-state index contributed by atoms with van der Waals surface area (Å²) in [5, 5.41) is 16.6. The first-order valence-corrected chi connectivity index (χ1v) is 12.5. The van der Waals surface area contributed by atoms with Gasteiger partial charge in [-0.15, -0.1) is 11.3 Å². The third-order valence-electron chi connectivity index (χ3n) is 6.42. The van der Waals surface area contributed by atoms with Crippen LogP contribution in [-0.2, 0) is 0 Å². The van der Waals surface area contributed by atoms with Crippen LogP contribution >= 0.6 is 11.3 Å². The predicted octanol–water partition coefficient (Wildman–Crippen LogP) is 4.79. The summed E-state index contributed by atoms with van der Waals surface area (Å²) in [5.41, 5.74) is 4.64. The summed E-state index contributed by atoms with van der Waals surface area (Å²) in [6.07, 6.45) is 4.77. The molecule has 35 heavy (non-hydrogen) atoms. The fourth-order valence-electron chi connectivity index (χ4n) is 4.37. The van der Waals surface area contributed by atoms with Crippen molar-refractivity contribution in [2.24, 2.45) is 0 Å². The zero-order valence-corrected chi connectivity index (χ0v) is 20.5. The molecule has 8 heteroatoms. The minimum Gasteiger partial charge on any atom is -0.337 e. The van der Waals surface area contributed by atoms with Crippen LogP contribution in [0.2, 0.25) is 0 Å². The van der Waals surface area contributed by atoms with Crippen molar-refractivity contribution >= 4 is 51.9 Å². The lowest BCUT2D eigenvalue weighted by atomic mass is 10.1. The fraction of sp³-hybridized carbons (Fsp3) is 0.222. The molecule has 0 aliphatic carbocycles. The molecule has 0 saturated carbocycles. The topological polar surface area (TPSA) is 90.1 Å². The Morgan fingerprint density at radius 1 is 1.17 bits per heavy atom. The smallest absolute Gasteiger partial charge is 0.266 e. The fourth-order valence-corrected chi connectivity index (χ4v) is 5.19. The first-order chi connectivity index (χ1) is 17.0. The molecule has 1 unspecified atom stereocenters. The Bertz CT molecular complexity index is 1420. The highest BCUT2D eigenvalue weighted by Crippen LogP contribution is 2.26. The number of amides is 2. The number of likely N-dealkylation sites (N-methyl/N-ethyl adjacent to an activating group) is 1. The van der Waals surface area contributed by atoms with E-state index in [4.69, 9.17) is 0 Å². The maximum Gasteiger partial charge on any atom is 0.266 e. The number of aryl methyl sites for hydroxylation is 1. The number of fused-ring (bicyclic) bond motifs is 1. The molecule has 1 aliphatic rings. The lowest BCUT2D eigenvalue weighted by Gasteiger charge is -2.18. The lowest BCUT2D eigenvalue weighted by molar-refractivity contribution is 0.0789. The minimum absolute atomic E-state index is 0.0284. The molecule has 1 aliphatic heterocycles. The molecule has 0 bridgehead atoms. The molecule has 178 valence electrons. The molecule has 2 aromatic carbocycles. The zero-order valence-electron chi connectivity index (χ0n) is 19.7. The number of nitrogens with one attached hydrogen (secondary N) is 3. The number of carbonyl (C=O) groups is 2. The molecule has 1 saturated heterocycles. The molecule has 2 amide bonds. The van der Waals surface area contributed by atoms with E-state index in [-0.39, 0.29) is 11.8 Å². The summed E-state index contributed by atoms with van der Waals surface area (Å²) in [5.74, 6) is -0.210. The first kappa shape index (κ1) is 23.0. The highest BCUT2D eigenvalue weighted by molar-refractivity contribution is 7.12. The van der Waals surface area contributed by atoms with Crippen molar-refractivity contribution < 1.29 is 9.59 Å². The van der Waals surface area contributed by atoms with Crippen LogP contribution in [0.1, 0.15) is 43.3 Å². The summed E-state index contributed by atoms with van der Waals surface area (Å²) >= 11 is 1.40. The second kappa shape index (κ2) is 9.85. The van der Waals surface area contributed by atoms with Gasteiger partial charge in [-0.3, -0.25) is 14.7 Å². The quantitative estimate of drug-likeness (QED) is 0.366. The number of likely N-dealkylation sites (tertiary alicyclic amines) is 1. The van der Waals surface area contributed by atoms with E-state index < -0.39 is 0 Å². The highest BCUT2D eigenvalue weighted by Gasteiger charge is 2.26. The molecule has 5 rings (SSSR count). The number of carbonyl (C=O) groups excluding carboxylic acids is 2. The molecule has 0 radical (unpaired) electrons. The number of aromatic nitrogens is 2. The zero-order chi connectivity index (χ0) is 24.4. The van der Waals surface area contributed by atoms with Crippen LogP contribution in [0.5, 0.6) is 0 Å². The molecule has 7 nitrogen and oxygen atoms in total. The normalized spacial score (nSPS) is 15.8. The average Bonchev–Trinajstić information content (AvgIpc) is 3.62. The van der Waals surface area contributed by atoms with E-state index in [1.807, 2.05) is 78.9 Å². The minimum atomic E-state index is -0.182. The third-order valence-corrected chi connectivity index (χ3v) is 7.44. The van der Waals surface area contributed by atoms with E-state index in [0.717, 1.165) is 34.1 Å². The summed E-state index contributed by atoms with van der Waals surface area (Å²) < 4.78 is 0. The number of hydrogen-bond donors (Lipinski definition) is 3. The lowest BCUT2D eigenvalue weighted by Crippen LogP contribution is -2.33. The SMILES string of the molecule is CNC1CCN(C(=O)c2ccc(C=Cc3n[nH]c4ccccc34)c(NC(=O)c3sccc3C)c2)C1. The largest absolute Gasteiger partial charge is 0.337 e. The van der Waals surface area contributed by atoms with Gasteiger partial charge in [0.1, 0.15) is 0 Å². The van der Waals surface area contributed by atoms with Crippen LogP contribution in [0.15, 0.2) is 53.9 Å². The maximum absolute atomic E-state index is 13.2. The number of nitrogens with zero attached hydrogens (tertiary/aromatic N) is 2. The number of thiophene rings is 1. The van der Waals surface area contributed by atoms with Crippen LogP contribution in [0.4, 0.5) is 5.69 Å². The van der Waals surface area contributed by atoms with Crippen molar-refractivity contribution in [3.8, 4) is 0 Å². The molecule has 1 atom stereocenters. The summed E-state index contributed by atoms with van der Waals surface area (Å²) in [6, 6.07) is 15.6. The molecule has 3 heterocycles. The van der Waals surface area contributed by atoms with Crippen molar-refractivity contribution in [2.75, 3.05) is 25.5 Å². The van der Waals surface area contributed by atoms with Gasteiger partial charge in [-0.1, -0.05) is 30.3 Å². The number of para-hydroxylation sites is 1. The Hall–Kier alpha value is -3.75. The van der Waals surface area contributed by atoms with Gasteiger partial charge in [0.25, 0.3) is 11.8 Å². The summed E-state index contributed by atoms with van der Waals surface area (Å²) in [6.45, 7) is 3.31. The van der Waals surface area contributed by atoms with Crippen LogP contribution in [0.3, 0.4) is 0 Å². The molecule has 2 aromatic heterocycles. The molecular weight excluding hydrogens is 458 g/mol. The number of aromatic amines is 1. The monoisotopic (exact) mass is 485 g/mol. The first-order valence-electron chi connectivity index (χ1n) is 11.6. The van der Waals surface area contributed by atoms with Crippen LogP contribution in [-0.4, -0.2) is 53.1 Å². The van der Waals surface area contributed by atoms with Crippen molar-refractivity contribution in [1.82, 2.24) is 20.4 Å². The molecular formula is C27H27N5O2S. The highest BCUT2D eigenvalue weighted by atomic mass is 32.1. The Kier molecular flexibility index (Phi) is 6.48. The van der Waals surface area contributed by atoms with E-state index in [9.17, 15) is 9.59 Å². The van der Waals surface area contributed by atoms with Gasteiger partial charge in [0.15, 0.2) is 0 Å². The van der Waals surface area contributed by atoms with Gasteiger partial charge in [-0.25, -0.2) is 0 Å². The van der Waals surface area contributed by atoms with Crippen LogP contribution in [0, 0.1) is 6.92 Å². The van der Waals surface area contributed by atoms with Gasteiger partial charge in [0, 0.05) is 35.8 Å². The van der Waals surface area contributed by atoms with E-state index in [1.54, 1.807) is 6.07 Å². The van der Waals surface area contributed by atoms with Gasteiger partial charge in [-0.05, 0) is 67.2 Å². The number of H-pyrrole nitrogens is 1. The van der Waals surface area contributed by atoms with E-state index in [1.165, 1.54) is 11.3 Å². The van der Waals surface area contributed by atoms with Crippen molar-refractivity contribution in [3.05, 3.63) is 81.2 Å². The van der Waals surface area contributed by atoms with Crippen molar-refractivity contribution in [2.45, 2.75) is 19.4 Å². The number of benzene rings is 2. The molecule has 3 N–H and O–H groups in total. The van der Waals surface area contributed by atoms with Gasteiger partial charge < -0.3 is 15.5 Å². The Morgan fingerprint density at radius 3 is 2.80 bits per heavy atom. The molecule has 1 fully saturated rings. The van der Waals surface area contributed by atoms with E-state index in [2.05, 4.69) is 20.8 Å². The Labute approximate surface area is 207 Å². The van der Waals surface area contributed by atoms with Crippen molar-refractivity contribution in [1.29, 1.82) is 0 Å². The molecule has 4 aromatic rings. The van der Waals surface area contributed by atoms with Crippen LogP contribution in [0.25, 0.3) is 23.1 Å². The van der Waals surface area contributed by atoms with Gasteiger partial charge >= 0.3 is 0 Å². The summed E-state index contributed by atoms with van der Waals surface area (Å²) in [4.78, 5) is 28.7. The summed E-state index contributed by atoms with van der Waals surface area (Å²) in [7, 11) is 1.92. The Morgan fingerprint density at radius 2 is 2.03 bits per heavy atom. The second-order valence-electron chi connectivity index (χ2n) is 8.70. The van der Waals surface area contributed by atoms with Crippen molar-refractivity contribution in [3.63, 3.8) is 0 Å². The molecule has 0 spiro atoms. The van der Waals surface area contributed by atoms with Gasteiger partial charge in [0.05, 0.1) is 16.1 Å². The van der Waals surface area contributed by atoms with E-state index >= 15 is 0 Å².